The lowest BCUT2D eigenvalue weighted by Gasteiger charge is -2.21. The molecule has 0 saturated carbocycles. The zero-order chi connectivity index (χ0) is 15.1. The minimum absolute atomic E-state index is 0.104. The molecule has 2 heterocycles. The third-order valence-electron chi connectivity index (χ3n) is 2.72. The predicted octanol–water partition coefficient (Wildman–Crippen LogP) is 1.44. The molecule has 9 heteroatoms. The molecule has 0 bridgehead atoms. The molecule has 0 aliphatic heterocycles. The number of rotatable bonds is 3. The molecule has 0 amide bonds. The van der Waals surface area contributed by atoms with Gasteiger partial charge in [-0.25, -0.2) is 13.1 Å². The second-order valence-corrected chi connectivity index (χ2v) is 7.06. The Hall–Kier alpha value is -1.90. The Kier molecular flexibility index (Phi) is 3.32. The van der Waals surface area contributed by atoms with Crippen LogP contribution in [0.5, 0.6) is 0 Å². The normalized spacial score (nSPS) is 12.7. The first-order chi connectivity index (χ1) is 9.13. The number of nitrogens with one attached hydrogen (secondary N) is 1. The number of hydrogen-bond donors (Lipinski definition) is 1. The molecule has 2 aromatic rings. The minimum Gasteiger partial charge on any atom is -0.341 e. The maximum absolute atomic E-state index is 12.4. The summed E-state index contributed by atoms with van der Waals surface area (Å²) < 4.78 is 33.2. The molecule has 0 aliphatic carbocycles. The van der Waals surface area contributed by atoms with Crippen LogP contribution in [0.2, 0.25) is 0 Å². The molecule has 1 N–H and O–H groups in total. The van der Waals surface area contributed by atoms with Gasteiger partial charge in [0, 0.05) is 0 Å². The molecule has 0 saturated heterocycles. The van der Waals surface area contributed by atoms with Gasteiger partial charge in [0.25, 0.3) is 16.0 Å². The van der Waals surface area contributed by atoms with Crippen molar-refractivity contribution < 1.29 is 12.9 Å². The summed E-state index contributed by atoms with van der Waals surface area (Å²) in [6.45, 7) is 9.23. The Morgan fingerprint density at radius 2 is 1.95 bits per heavy atom. The number of anilines is 1. The number of nitrogens with zero attached hydrogens (tertiary/aromatic N) is 4. The van der Waals surface area contributed by atoms with E-state index in [1.807, 2.05) is 20.8 Å². The topological polar surface area (TPSA) is 103 Å². The molecule has 0 aliphatic rings. The smallest absolute Gasteiger partial charge is 0.277 e. The van der Waals surface area contributed by atoms with Crippen LogP contribution in [-0.4, -0.2) is 28.3 Å². The second-order valence-electron chi connectivity index (χ2n) is 5.44. The number of aryl methyl sites for hydroxylation is 1. The molecule has 8 nitrogen and oxygen atoms in total. The van der Waals surface area contributed by atoms with Crippen LogP contribution in [0.3, 0.4) is 0 Å². The largest absolute Gasteiger partial charge is 0.341 e. The lowest BCUT2D eigenvalue weighted by atomic mass is 10.1. The first kappa shape index (κ1) is 14.5. The van der Waals surface area contributed by atoms with Crippen molar-refractivity contribution in [3.63, 3.8) is 0 Å². The van der Waals surface area contributed by atoms with Crippen LogP contribution in [0.1, 0.15) is 32.2 Å². The van der Waals surface area contributed by atoms with Gasteiger partial charge in [-0.15, -0.1) is 0 Å². The third-order valence-corrected chi connectivity index (χ3v) is 4.30. The van der Waals surface area contributed by atoms with Gasteiger partial charge in [-0.05, 0) is 39.8 Å². The average molecular weight is 299 g/mol. The average Bonchev–Trinajstić information content (AvgIpc) is 2.85. The van der Waals surface area contributed by atoms with Crippen molar-refractivity contribution in [2.24, 2.45) is 0 Å². The molecule has 0 radical (unpaired) electrons. The standard InChI is InChI=1S/C11H17N5O3S/c1-7-9(8(2)16(13-7)11(3,4)5)20(17,18)15-10-12-6-19-14-10/h6H,1-5H3,(H,14,15). The van der Waals surface area contributed by atoms with Crippen molar-refractivity contribution in [1.82, 2.24) is 19.9 Å². The van der Waals surface area contributed by atoms with E-state index in [0.717, 1.165) is 6.39 Å². The van der Waals surface area contributed by atoms with Gasteiger partial charge in [0.05, 0.1) is 16.9 Å². The molecule has 20 heavy (non-hydrogen) atoms. The van der Waals surface area contributed by atoms with Crippen LogP contribution in [0.15, 0.2) is 15.8 Å². The van der Waals surface area contributed by atoms with Crippen LogP contribution >= 0.6 is 0 Å². The Balaban J connectivity index is 2.50. The van der Waals surface area contributed by atoms with E-state index >= 15 is 0 Å². The number of hydrogen-bond acceptors (Lipinski definition) is 6. The van der Waals surface area contributed by atoms with Gasteiger partial charge in [0.15, 0.2) is 0 Å². The summed E-state index contributed by atoms with van der Waals surface area (Å²) in [5.41, 5.74) is 0.675. The summed E-state index contributed by atoms with van der Waals surface area (Å²) in [6, 6.07) is 0. The number of sulfonamides is 1. The Bertz CT molecular complexity index is 710. The quantitative estimate of drug-likeness (QED) is 0.919. The van der Waals surface area contributed by atoms with Gasteiger partial charge in [-0.3, -0.25) is 4.68 Å². The lowest BCUT2D eigenvalue weighted by molar-refractivity contribution is 0.345. The van der Waals surface area contributed by atoms with E-state index in [1.165, 1.54) is 0 Å². The zero-order valence-corrected chi connectivity index (χ0v) is 12.8. The number of aromatic nitrogens is 4. The summed E-state index contributed by atoms with van der Waals surface area (Å²) in [4.78, 5) is 3.78. The molecule has 0 unspecified atom stereocenters. The van der Waals surface area contributed by atoms with Crippen LogP contribution in [-0.2, 0) is 15.6 Å². The molecule has 0 aromatic carbocycles. The monoisotopic (exact) mass is 299 g/mol. The summed E-state index contributed by atoms with van der Waals surface area (Å²) in [6.07, 6.45) is 1.05. The SMILES string of the molecule is Cc1nn(C(C)(C)C)c(C)c1S(=O)(=O)Nc1ncon1. The van der Waals surface area contributed by atoms with E-state index in [2.05, 4.69) is 24.5 Å². The summed E-state index contributed by atoms with van der Waals surface area (Å²) >= 11 is 0. The van der Waals surface area contributed by atoms with Crippen molar-refractivity contribution in [3.8, 4) is 0 Å². The first-order valence-electron chi connectivity index (χ1n) is 5.99. The Morgan fingerprint density at radius 3 is 2.40 bits per heavy atom. The molecular weight excluding hydrogens is 282 g/mol. The summed E-state index contributed by atoms with van der Waals surface area (Å²) in [5, 5.41) is 7.75. The molecule has 2 rings (SSSR count). The van der Waals surface area contributed by atoms with Crippen molar-refractivity contribution in [1.29, 1.82) is 0 Å². The van der Waals surface area contributed by atoms with Gasteiger partial charge in [-0.2, -0.15) is 10.1 Å². The Labute approximate surface area is 117 Å². The Morgan fingerprint density at radius 1 is 1.30 bits per heavy atom. The van der Waals surface area contributed by atoms with Crippen LogP contribution in [0.4, 0.5) is 5.95 Å². The molecule has 110 valence electrons. The highest BCUT2D eigenvalue weighted by Gasteiger charge is 2.29. The summed E-state index contributed by atoms with van der Waals surface area (Å²) in [5.74, 6) is -0.104. The van der Waals surface area contributed by atoms with Gasteiger partial charge < -0.3 is 4.52 Å². The first-order valence-corrected chi connectivity index (χ1v) is 7.47. The van der Waals surface area contributed by atoms with Crippen molar-refractivity contribution in [2.75, 3.05) is 4.72 Å². The highest BCUT2D eigenvalue weighted by molar-refractivity contribution is 7.92. The fourth-order valence-corrected chi connectivity index (χ4v) is 3.39. The van der Waals surface area contributed by atoms with Gasteiger partial charge in [-0.1, -0.05) is 0 Å². The van der Waals surface area contributed by atoms with Crippen LogP contribution in [0.25, 0.3) is 0 Å². The lowest BCUT2D eigenvalue weighted by Crippen LogP contribution is -2.25. The van der Waals surface area contributed by atoms with Gasteiger partial charge in [0.1, 0.15) is 4.90 Å². The van der Waals surface area contributed by atoms with E-state index in [0.29, 0.717) is 11.4 Å². The van der Waals surface area contributed by atoms with Crippen molar-refractivity contribution in [2.45, 2.75) is 45.1 Å². The minimum atomic E-state index is -3.80. The molecular formula is C11H17N5O3S. The fourth-order valence-electron chi connectivity index (χ4n) is 2.06. The third kappa shape index (κ3) is 2.53. The maximum Gasteiger partial charge on any atom is 0.277 e. The van der Waals surface area contributed by atoms with E-state index in [-0.39, 0.29) is 16.4 Å². The van der Waals surface area contributed by atoms with E-state index in [4.69, 9.17) is 0 Å². The van der Waals surface area contributed by atoms with Crippen molar-refractivity contribution in [3.05, 3.63) is 17.8 Å². The predicted molar refractivity (Wildman–Crippen MR) is 71.8 cm³/mol. The van der Waals surface area contributed by atoms with Crippen molar-refractivity contribution >= 4 is 16.0 Å². The summed E-state index contributed by atoms with van der Waals surface area (Å²) in [7, 11) is -3.80. The maximum atomic E-state index is 12.4. The molecule has 0 fully saturated rings. The van der Waals surface area contributed by atoms with Crippen LogP contribution in [0, 0.1) is 13.8 Å². The fraction of sp³-hybridized carbons (Fsp3) is 0.545. The van der Waals surface area contributed by atoms with E-state index in [9.17, 15) is 8.42 Å². The van der Waals surface area contributed by atoms with E-state index in [1.54, 1.807) is 18.5 Å². The highest BCUT2D eigenvalue weighted by Crippen LogP contribution is 2.25. The second kappa shape index (κ2) is 4.58. The molecule has 2 aromatic heterocycles. The molecule has 0 atom stereocenters. The van der Waals surface area contributed by atoms with E-state index < -0.39 is 10.0 Å². The molecule has 0 spiro atoms. The zero-order valence-electron chi connectivity index (χ0n) is 12.0. The van der Waals surface area contributed by atoms with Crippen LogP contribution < -0.4 is 4.72 Å². The van der Waals surface area contributed by atoms with Gasteiger partial charge >= 0.3 is 0 Å². The highest BCUT2D eigenvalue weighted by atomic mass is 32.2. The van der Waals surface area contributed by atoms with Gasteiger partial charge in [0.2, 0.25) is 6.39 Å².